The first kappa shape index (κ1) is 13.4. The first-order chi connectivity index (χ1) is 6.70. The van der Waals surface area contributed by atoms with Gasteiger partial charge in [-0.2, -0.15) is 0 Å². The van der Waals surface area contributed by atoms with Gasteiger partial charge in [-0.1, -0.05) is 38.7 Å². The molecule has 82 valence electrons. The summed E-state index contributed by atoms with van der Waals surface area (Å²) < 4.78 is 0. The summed E-state index contributed by atoms with van der Waals surface area (Å²) in [4.78, 5) is 0. The highest BCUT2D eigenvalue weighted by atomic mass is 14.9. The SMILES string of the molecule is C=C/C=C/CCCC(CC(C)C)NC. The molecule has 0 fully saturated rings. The Kier molecular flexibility index (Phi) is 8.65. The van der Waals surface area contributed by atoms with Gasteiger partial charge in [-0.05, 0) is 38.6 Å². The van der Waals surface area contributed by atoms with Crippen molar-refractivity contribution in [3.8, 4) is 0 Å². The van der Waals surface area contributed by atoms with Crippen LogP contribution in [0.4, 0.5) is 0 Å². The van der Waals surface area contributed by atoms with Gasteiger partial charge in [0.15, 0.2) is 0 Å². The predicted octanol–water partition coefficient (Wildman–Crippen LogP) is 3.53. The molecule has 0 aromatic rings. The van der Waals surface area contributed by atoms with E-state index in [9.17, 15) is 0 Å². The van der Waals surface area contributed by atoms with Crippen molar-refractivity contribution in [2.75, 3.05) is 7.05 Å². The number of hydrogen-bond donors (Lipinski definition) is 1. The highest BCUT2D eigenvalue weighted by Gasteiger charge is 2.06. The highest BCUT2D eigenvalue weighted by molar-refractivity contribution is 4.96. The van der Waals surface area contributed by atoms with E-state index < -0.39 is 0 Å². The third kappa shape index (κ3) is 8.06. The molecule has 0 heterocycles. The van der Waals surface area contributed by atoms with Gasteiger partial charge in [0.2, 0.25) is 0 Å². The van der Waals surface area contributed by atoms with Crippen LogP contribution in [0, 0.1) is 5.92 Å². The van der Waals surface area contributed by atoms with Crippen LogP contribution in [0.25, 0.3) is 0 Å². The molecule has 0 aliphatic heterocycles. The van der Waals surface area contributed by atoms with Crippen molar-refractivity contribution < 1.29 is 0 Å². The van der Waals surface area contributed by atoms with Gasteiger partial charge in [-0.25, -0.2) is 0 Å². The van der Waals surface area contributed by atoms with Crippen molar-refractivity contribution >= 4 is 0 Å². The molecule has 0 bridgehead atoms. The molecule has 0 aliphatic carbocycles. The Bertz CT molecular complexity index is 159. The fourth-order valence-corrected chi connectivity index (χ4v) is 1.62. The molecular weight excluding hydrogens is 170 g/mol. The van der Waals surface area contributed by atoms with Crippen LogP contribution in [-0.2, 0) is 0 Å². The third-order valence-electron chi connectivity index (χ3n) is 2.36. The van der Waals surface area contributed by atoms with Gasteiger partial charge >= 0.3 is 0 Å². The van der Waals surface area contributed by atoms with Crippen molar-refractivity contribution in [2.24, 2.45) is 5.92 Å². The molecule has 1 unspecified atom stereocenters. The maximum atomic E-state index is 3.65. The summed E-state index contributed by atoms with van der Waals surface area (Å²) >= 11 is 0. The van der Waals surface area contributed by atoms with Crippen molar-refractivity contribution in [1.29, 1.82) is 0 Å². The summed E-state index contributed by atoms with van der Waals surface area (Å²) in [5, 5.41) is 3.38. The molecule has 0 saturated heterocycles. The lowest BCUT2D eigenvalue weighted by molar-refractivity contribution is 0.414. The van der Waals surface area contributed by atoms with Crippen LogP contribution in [-0.4, -0.2) is 13.1 Å². The Morgan fingerprint density at radius 3 is 2.57 bits per heavy atom. The fraction of sp³-hybridized carbons (Fsp3) is 0.692. The van der Waals surface area contributed by atoms with E-state index in [1.165, 1.54) is 25.7 Å². The first-order valence-electron chi connectivity index (χ1n) is 5.65. The van der Waals surface area contributed by atoms with Crippen LogP contribution >= 0.6 is 0 Å². The molecule has 1 atom stereocenters. The average Bonchev–Trinajstić information content (AvgIpc) is 2.15. The minimum absolute atomic E-state index is 0.687. The van der Waals surface area contributed by atoms with E-state index in [0.29, 0.717) is 6.04 Å². The van der Waals surface area contributed by atoms with E-state index in [0.717, 1.165) is 5.92 Å². The number of nitrogens with one attached hydrogen (secondary N) is 1. The normalized spacial score (nSPS) is 13.7. The molecular formula is C13H25N. The van der Waals surface area contributed by atoms with E-state index in [-0.39, 0.29) is 0 Å². The quantitative estimate of drug-likeness (QED) is 0.461. The standard InChI is InChI=1S/C13H25N/c1-5-6-7-8-9-10-13(14-4)11-12(2)3/h5-7,12-14H,1,8-11H2,2-4H3/b7-6+. The van der Waals surface area contributed by atoms with E-state index in [1.807, 2.05) is 12.2 Å². The number of allylic oxidation sites excluding steroid dienone is 3. The van der Waals surface area contributed by atoms with Crippen molar-refractivity contribution in [2.45, 2.75) is 45.6 Å². The number of unbranched alkanes of at least 4 members (excludes halogenated alkanes) is 1. The lowest BCUT2D eigenvalue weighted by atomic mass is 9.99. The summed E-state index contributed by atoms with van der Waals surface area (Å²) in [6.45, 7) is 8.21. The Hall–Kier alpha value is -0.560. The largest absolute Gasteiger partial charge is 0.317 e. The maximum Gasteiger partial charge on any atom is 0.00666 e. The molecule has 1 heteroatoms. The van der Waals surface area contributed by atoms with E-state index >= 15 is 0 Å². The molecule has 14 heavy (non-hydrogen) atoms. The Labute approximate surface area is 89.3 Å². The van der Waals surface area contributed by atoms with Gasteiger partial charge in [-0.3, -0.25) is 0 Å². The van der Waals surface area contributed by atoms with Crippen LogP contribution in [0.3, 0.4) is 0 Å². The van der Waals surface area contributed by atoms with Crippen LogP contribution in [0.5, 0.6) is 0 Å². The van der Waals surface area contributed by atoms with Crippen molar-refractivity contribution in [3.63, 3.8) is 0 Å². The number of hydrogen-bond acceptors (Lipinski definition) is 1. The predicted molar refractivity (Wildman–Crippen MR) is 65.5 cm³/mol. The summed E-state index contributed by atoms with van der Waals surface area (Å²) in [6, 6.07) is 0.687. The second-order valence-corrected chi connectivity index (χ2v) is 4.21. The summed E-state index contributed by atoms with van der Waals surface area (Å²) in [5.74, 6) is 0.788. The van der Waals surface area contributed by atoms with Crippen molar-refractivity contribution in [3.05, 3.63) is 24.8 Å². The number of rotatable bonds is 8. The molecule has 0 aromatic carbocycles. The lowest BCUT2D eigenvalue weighted by Gasteiger charge is -2.17. The lowest BCUT2D eigenvalue weighted by Crippen LogP contribution is -2.26. The molecule has 0 aliphatic rings. The van der Waals surface area contributed by atoms with Crippen molar-refractivity contribution in [1.82, 2.24) is 5.32 Å². The van der Waals surface area contributed by atoms with Crippen LogP contribution in [0.15, 0.2) is 24.8 Å². The van der Waals surface area contributed by atoms with Gasteiger partial charge in [0.1, 0.15) is 0 Å². The molecule has 0 radical (unpaired) electrons. The Morgan fingerprint density at radius 1 is 1.36 bits per heavy atom. The molecule has 0 saturated carbocycles. The Morgan fingerprint density at radius 2 is 2.07 bits per heavy atom. The summed E-state index contributed by atoms with van der Waals surface area (Å²) in [6.07, 6.45) is 11.0. The van der Waals surface area contributed by atoms with E-state index in [1.54, 1.807) is 0 Å². The van der Waals surface area contributed by atoms with Crippen LogP contribution in [0.2, 0.25) is 0 Å². The molecule has 0 aromatic heterocycles. The fourth-order valence-electron chi connectivity index (χ4n) is 1.62. The van der Waals surface area contributed by atoms with Crippen LogP contribution < -0.4 is 5.32 Å². The topological polar surface area (TPSA) is 12.0 Å². The van der Waals surface area contributed by atoms with Gasteiger partial charge in [0.05, 0.1) is 0 Å². The first-order valence-corrected chi connectivity index (χ1v) is 5.65. The zero-order valence-corrected chi connectivity index (χ0v) is 9.92. The molecule has 0 rings (SSSR count). The second kappa shape index (κ2) is 9.01. The minimum atomic E-state index is 0.687. The zero-order valence-electron chi connectivity index (χ0n) is 9.92. The monoisotopic (exact) mass is 195 g/mol. The minimum Gasteiger partial charge on any atom is -0.317 e. The smallest absolute Gasteiger partial charge is 0.00666 e. The highest BCUT2D eigenvalue weighted by Crippen LogP contribution is 2.10. The van der Waals surface area contributed by atoms with Gasteiger partial charge in [0, 0.05) is 6.04 Å². The van der Waals surface area contributed by atoms with E-state index in [4.69, 9.17) is 0 Å². The van der Waals surface area contributed by atoms with Gasteiger partial charge in [-0.15, -0.1) is 0 Å². The molecule has 1 N–H and O–H groups in total. The summed E-state index contributed by atoms with van der Waals surface area (Å²) in [7, 11) is 2.06. The third-order valence-corrected chi connectivity index (χ3v) is 2.36. The average molecular weight is 195 g/mol. The maximum absolute atomic E-state index is 3.65. The second-order valence-electron chi connectivity index (χ2n) is 4.21. The zero-order chi connectivity index (χ0) is 10.8. The van der Waals surface area contributed by atoms with E-state index in [2.05, 4.69) is 38.9 Å². The Balaban J connectivity index is 3.52. The van der Waals surface area contributed by atoms with Crippen LogP contribution in [0.1, 0.15) is 39.5 Å². The summed E-state index contributed by atoms with van der Waals surface area (Å²) in [5.41, 5.74) is 0. The molecule has 0 spiro atoms. The molecule has 1 nitrogen and oxygen atoms in total. The molecule has 0 amide bonds. The van der Waals surface area contributed by atoms with Gasteiger partial charge < -0.3 is 5.32 Å². The van der Waals surface area contributed by atoms with Gasteiger partial charge in [0.25, 0.3) is 0 Å².